The number of aliphatic imine (C=N–C) groups is 1. The molecule has 0 aliphatic carbocycles. The van der Waals surface area contributed by atoms with E-state index >= 15 is 0 Å². The first-order valence-corrected chi connectivity index (χ1v) is 9.03. The average molecular weight is 476 g/mol. The number of guanidine groups is 1. The molecule has 0 atom stereocenters. The Balaban J connectivity index is 0.00000625. The van der Waals surface area contributed by atoms with Crippen LogP contribution in [0.4, 0.5) is 5.69 Å². The predicted octanol–water partition coefficient (Wildman–Crippen LogP) is 3.38. The molecule has 6 nitrogen and oxygen atoms in total. The van der Waals surface area contributed by atoms with Gasteiger partial charge in [-0.15, -0.1) is 24.0 Å². The molecule has 0 bridgehead atoms. The molecule has 0 aromatic heterocycles. The van der Waals surface area contributed by atoms with Crippen LogP contribution in [0.3, 0.4) is 0 Å². The van der Waals surface area contributed by atoms with E-state index in [1.807, 2.05) is 52.0 Å². The van der Waals surface area contributed by atoms with Crippen molar-refractivity contribution in [3.05, 3.63) is 29.8 Å². The Morgan fingerprint density at radius 1 is 1.23 bits per heavy atom. The smallest absolute Gasteiger partial charge is 0.224 e. The van der Waals surface area contributed by atoms with Crippen LogP contribution in [0.1, 0.15) is 39.7 Å². The maximum absolute atomic E-state index is 11.9. The fraction of sp³-hybridized carbons (Fsp3) is 0.579. The topological polar surface area (TPSA) is 74.8 Å². The molecule has 0 unspecified atom stereocenters. The van der Waals surface area contributed by atoms with Crippen molar-refractivity contribution >= 4 is 41.5 Å². The molecule has 0 saturated heterocycles. The third-order valence-corrected chi connectivity index (χ3v) is 3.31. The Labute approximate surface area is 174 Å². The molecule has 0 saturated carbocycles. The van der Waals surface area contributed by atoms with E-state index in [2.05, 4.69) is 20.9 Å². The zero-order chi connectivity index (χ0) is 18.5. The highest BCUT2D eigenvalue weighted by atomic mass is 127. The van der Waals surface area contributed by atoms with Gasteiger partial charge < -0.3 is 20.7 Å². The van der Waals surface area contributed by atoms with Gasteiger partial charge in [-0.2, -0.15) is 0 Å². The van der Waals surface area contributed by atoms with Gasteiger partial charge in [-0.05, 0) is 37.5 Å². The summed E-state index contributed by atoms with van der Waals surface area (Å²) in [6.07, 6.45) is 0.525. The SMILES string of the molecule is CCNC(=NCc1cccc(NC(=O)CC(C)C)c1)NCCOCC.I. The summed E-state index contributed by atoms with van der Waals surface area (Å²) < 4.78 is 5.32. The number of benzene rings is 1. The van der Waals surface area contributed by atoms with Crippen LogP contribution >= 0.6 is 24.0 Å². The van der Waals surface area contributed by atoms with E-state index in [1.165, 1.54) is 0 Å². The van der Waals surface area contributed by atoms with Crippen molar-refractivity contribution < 1.29 is 9.53 Å². The van der Waals surface area contributed by atoms with Crippen molar-refractivity contribution in [2.45, 2.75) is 40.7 Å². The van der Waals surface area contributed by atoms with Gasteiger partial charge >= 0.3 is 0 Å². The first-order chi connectivity index (χ1) is 12.0. The summed E-state index contributed by atoms with van der Waals surface area (Å²) in [4.78, 5) is 16.5. The van der Waals surface area contributed by atoms with Gasteiger partial charge in [0.2, 0.25) is 5.91 Å². The standard InChI is InChI=1S/C19H32N4O2.HI/c1-5-20-19(21-10-11-25-6-2)22-14-16-8-7-9-17(13-16)23-18(24)12-15(3)4;/h7-9,13,15H,5-6,10-12,14H2,1-4H3,(H,23,24)(H2,20,21,22);1H. The first kappa shape index (κ1) is 24.7. The molecule has 1 amide bonds. The summed E-state index contributed by atoms with van der Waals surface area (Å²) in [5.74, 6) is 1.15. The molecule has 0 radical (unpaired) electrons. The van der Waals surface area contributed by atoms with Crippen molar-refractivity contribution in [2.75, 3.05) is 31.6 Å². The molecule has 1 rings (SSSR count). The van der Waals surface area contributed by atoms with Gasteiger partial charge in [0.15, 0.2) is 5.96 Å². The second-order valence-electron chi connectivity index (χ2n) is 6.17. The number of nitrogens with one attached hydrogen (secondary N) is 3. The van der Waals surface area contributed by atoms with E-state index in [0.29, 0.717) is 38.6 Å². The zero-order valence-corrected chi connectivity index (χ0v) is 18.6. The molecular formula is C19H33IN4O2. The second kappa shape index (κ2) is 14.8. The molecule has 1 aromatic rings. The van der Waals surface area contributed by atoms with Crippen LogP contribution in [-0.2, 0) is 16.1 Å². The molecule has 0 aliphatic rings. The Morgan fingerprint density at radius 2 is 2.00 bits per heavy atom. The summed E-state index contributed by atoms with van der Waals surface area (Å²) in [6, 6.07) is 7.80. The highest BCUT2D eigenvalue weighted by molar-refractivity contribution is 14.0. The average Bonchev–Trinajstić information content (AvgIpc) is 2.56. The van der Waals surface area contributed by atoms with Gasteiger partial charge in [0.05, 0.1) is 13.2 Å². The van der Waals surface area contributed by atoms with Crippen LogP contribution in [0.25, 0.3) is 0 Å². The van der Waals surface area contributed by atoms with E-state index in [1.54, 1.807) is 0 Å². The second-order valence-corrected chi connectivity index (χ2v) is 6.17. The van der Waals surface area contributed by atoms with Gasteiger partial charge in [-0.25, -0.2) is 4.99 Å². The minimum atomic E-state index is 0. The molecule has 148 valence electrons. The zero-order valence-electron chi connectivity index (χ0n) is 16.3. The summed E-state index contributed by atoms with van der Waals surface area (Å²) in [6.45, 7) is 11.5. The van der Waals surface area contributed by atoms with Crippen LogP contribution in [0, 0.1) is 5.92 Å². The lowest BCUT2D eigenvalue weighted by Crippen LogP contribution is -2.39. The monoisotopic (exact) mass is 476 g/mol. The number of amides is 1. The van der Waals surface area contributed by atoms with E-state index in [-0.39, 0.29) is 29.9 Å². The van der Waals surface area contributed by atoms with Crippen LogP contribution in [-0.4, -0.2) is 38.2 Å². The Morgan fingerprint density at radius 3 is 2.65 bits per heavy atom. The van der Waals surface area contributed by atoms with Crippen LogP contribution < -0.4 is 16.0 Å². The molecule has 7 heteroatoms. The molecule has 0 fully saturated rings. The fourth-order valence-electron chi connectivity index (χ4n) is 2.23. The van der Waals surface area contributed by atoms with Crippen molar-refractivity contribution in [3.63, 3.8) is 0 Å². The molecule has 1 aromatic carbocycles. The van der Waals surface area contributed by atoms with Crippen LogP contribution in [0.5, 0.6) is 0 Å². The summed E-state index contributed by atoms with van der Waals surface area (Å²) in [5.41, 5.74) is 1.86. The number of hydrogen-bond acceptors (Lipinski definition) is 3. The predicted molar refractivity (Wildman–Crippen MR) is 119 cm³/mol. The van der Waals surface area contributed by atoms with Gasteiger partial charge in [0, 0.05) is 31.8 Å². The first-order valence-electron chi connectivity index (χ1n) is 9.03. The molecule has 26 heavy (non-hydrogen) atoms. The lowest BCUT2D eigenvalue weighted by Gasteiger charge is -2.12. The number of hydrogen-bond donors (Lipinski definition) is 3. The van der Waals surface area contributed by atoms with Crippen molar-refractivity contribution in [2.24, 2.45) is 10.9 Å². The molecule has 0 spiro atoms. The van der Waals surface area contributed by atoms with Gasteiger partial charge in [-0.3, -0.25) is 4.79 Å². The van der Waals surface area contributed by atoms with E-state index < -0.39 is 0 Å². The molecule has 0 aliphatic heterocycles. The summed E-state index contributed by atoms with van der Waals surface area (Å²) in [7, 11) is 0. The lowest BCUT2D eigenvalue weighted by atomic mass is 10.1. The molecule has 0 heterocycles. The number of carbonyl (C=O) groups is 1. The summed E-state index contributed by atoms with van der Waals surface area (Å²) >= 11 is 0. The van der Waals surface area contributed by atoms with Crippen LogP contribution in [0.2, 0.25) is 0 Å². The number of nitrogens with zero attached hydrogens (tertiary/aromatic N) is 1. The van der Waals surface area contributed by atoms with Crippen molar-refractivity contribution in [3.8, 4) is 0 Å². The Hall–Kier alpha value is -1.35. The lowest BCUT2D eigenvalue weighted by molar-refractivity contribution is -0.116. The largest absolute Gasteiger partial charge is 0.380 e. The van der Waals surface area contributed by atoms with Crippen molar-refractivity contribution in [1.29, 1.82) is 0 Å². The van der Waals surface area contributed by atoms with E-state index in [9.17, 15) is 4.79 Å². The number of ether oxygens (including phenoxy) is 1. The minimum Gasteiger partial charge on any atom is -0.380 e. The normalized spacial score (nSPS) is 11.0. The van der Waals surface area contributed by atoms with Gasteiger partial charge in [-0.1, -0.05) is 26.0 Å². The summed E-state index contributed by atoms with van der Waals surface area (Å²) in [5, 5.41) is 9.39. The third-order valence-electron chi connectivity index (χ3n) is 3.31. The van der Waals surface area contributed by atoms with E-state index in [4.69, 9.17) is 4.74 Å². The maximum atomic E-state index is 11.9. The van der Waals surface area contributed by atoms with E-state index in [0.717, 1.165) is 23.8 Å². The quantitative estimate of drug-likeness (QED) is 0.210. The maximum Gasteiger partial charge on any atom is 0.224 e. The highest BCUT2D eigenvalue weighted by Crippen LogP contribution is 2.13. The van der Waals surface area contributed by atoms with Crippen molar-refractivity contribution in [1.82, 2.24) is 10.6 Å². The highest BCUT2D eigenvalue weighted by Gasteiger charge is 2.05. The third kappa shape index (κ3) is 11.3. The Bertz CT molecular complexity index is 550. The Kier molecular flexibility index (Phi) is 14.0. The number of halogens is 1. The van der Waals surface area contributed by atoms with Gasteiger partial charge in [0.25, 0.3) is 0 Å². The minimum absolute atomic E-state index is 0. The number of carbonyl (C=O) groups excluding carboxylic acids is 1. The molecule has 3 N–H and O–H groups in total. The van der Waals surface area contributed by atoms with Crippen LogP contribution in [0.15, 0.2) is 29.3 Å². The fourth-order valence-corrected chi connectivity index (χ4v) is 2.23. The van der Waals surface area contributed by atoms with Gasteiger partial charge in [0.1, 0.15) is 0 Å². The number of anilines is 1. The number of rotatable bonds is 10. The molecular weight excluding hydrogens is 443 g/mol.